The van der Waals surface area contributed by atoms with Crippen molar-refractivity contribution >= 4 is 40.7 Å². The van der Waals surface area contributed by atoms with Crippen LogP contribution in [0.1, 0.15) is 13.3 Å². The molecule has 0 bridgehead atoms. The third-order valence-corrected chi connectivity index (χ3v) is 3.59. The summed E-state index contributed by atoms with van der Waals surface area (Å²) in [6.07, 6.45) is 0.752. The minimum absolute atomic E-state index is 0.154. The van der Waals surface area contributed by atoms with Gasteiger partial charge < -0.3 is 5.32 Å². The predicted molar refractivity (Wildman–Crippen MR) is 50.9 cm³/mol. The van der Waals surface area contributed by atoms with E-state index in [1.165, 1.54) is 0 Å². The van der Waals surface area contributed by atoms with Gasteiger partial charge in [-0.15, -0.1) is 11.6 Å². The van der Waals surface area contributed by atoms with E-state index in [1.54, 1.807) is 0 Å². The molecule has 0 saturated carbocycles. The van der Waals surface area contributed by atoms with Crippen LogP contribution in [-0.4, -0.2) is 22.2 Å². The van der Waals surface area contributed by atoms with Gasteiger partial charge >= 0.3 is 0 Å². The van der Waals surface area contributed by atoms with Crippen LogP contribution in [0.25, 0.3) is 0 Å². The number of halogens is 3. The normalized spacial score (nSPS) is 30.0. The SMILES string of the molecule is CCC(Cl)C1CNC(=O)C1(Cl)Cl. The van der Waals surface area contributed by atoms with Gasteiger partial charge in [-0.25, -0.2) is 0 Å². The molecule has 1 aliphatic rings. The molecule has 1 rings (SSSR count). The second-order valence-electron chi connectivity index (χ2n) is 2.86. The van der Waals surface area contributed by atoms with Crippen LogP contribution in [0, 0.1) is 5.92 Å². The van der Waals surface area contributed by atoms with Crippen LogP contribution in [0.3, 0.4) is 0 Å². The molecule has 70 valence electrons. The quantitative estimate of drug-likeness (QED) is 0.722. The highest BCUT2D eigenvalue weighted by molar-refractivity contribution is 6.59. The highest BCUT2D eigenvalue weighted by atomic mass is 35.5. The van der Waals surface area contributed by atoms with Gasteiger partial charge in [0.25, 0.3) is 5.91 Å². The van der Waals surface area contributed by atoms with Crippen molar-refractivity contribution in [1.82, 2.24) is 5.32 Å². The van der Waals surface area contributed by atoms with Gasteiger partial charge in [-0.05, 0) is 6.42 Å². The lowest BCUT2D eigenvalue weighted by Crippen LogP contribution is -2.34. The fraction of sp³-hybridized carbons (Fsp3) is 0.857. The van der Waals surface area contributed by atoms with Crippen LogP contribution in [0.5, 0.6) is 0 Å². The predicted octanol–water partition coefficient (Wildman–Crippen LogP) is 1.92. The van der Waals surface area contributed by atoms with E-state index in [9.17, 15) is 4.79 Å². The third-order valence-electron chi connectivity index (χ3n) is 2.08. The van der Waals surface area contributed by atoms with Crippen LogP contribution in [0.4, 0.5) is 0 Å². The maximum atomic E-state index is 11.1. The number of amides is 1. The first kappa shape index (κ1) is 10.4. The topological polar surface area (TPSA) is 29.1 Å². The van der Waals surface area contributed by atoms with E-state index in [4.69, 9.17) is 34.8 Å². The number of carbonyl (C=O) groups is 1. The summed E-state index contributed by atoms with van der Waals surface area (Å²) in [6.45, 7) is 2.40. The Kier molecular flexibility index (Phi) is 3.13. The van der Waals surface area contributed by atoms with Crippen molar-refractivity contribution in [2.75, 3.05) is 6.54 Å². The van der Waals surface area contributed by atoms with Crippen molar-refractivity contribution in [2.45, 2.75) is 23.1 Å². The van der Waals surface area contributed by atoms with Gasteiger partial charge in [-0.1, -0.05) is 30.1 Å². The molecule has 2 unspecified atom stereocenters. The zero-order valence-electron chi connectivity index (χ0n) is 6.61. The van der Waals surface area contributed by atoms with Crippen LogP contribution >= 0.6 is 34.8 Å². The Hall–Kier alpha value is 0.340. The molecule has 1 amide bonds. The van der Waals surface area contributed by atoms with E-state index in [2.05, 4.69) is 5.32 Å². The number of carbonyl (C=O) groups excluding carboxylic acids is 1. The Labute approximate surface area is 86.5 Å². The van der Waals surface area contributed by atoms with Crippen LogP contribution in [0.15, 0.2) is 0 Å². The zero-order chi connectivity index (χ0) is 9.35. The second kappa shape index (κ2) is 3.60. The summed E-state index contributed by atoms with van der Waals surface area (Å²) in [5.41, 5.74) is 0. The molecular formula is C7H10Cl3NO. The summed E-state index contributed by atoms with van der Waals surface area (Å²) in [6, 6.07) is 0. The number of hydrogen-bond donors (Lipinski definition) is 1. The summed E-state index contributed by atoms with van der Waals surface area (Å²) in [4.78, 5) is 11.1. The van der Waals surface area contributed by atoms with Crippen molar-refractivity contribution < 1.29 is 4.79 Å². The van der Waals surface area contributed by atoms with Gasteiger partial charge in [0.05, 0.1) is 0 Å². The average molecular weight is 231 g/mol. The van der Waals surface area contributed by atoms with E-state index in [0.29, 0.717) is 6.54 Å². The third kappa shape index (κ3) is 1.66. The molecule has 1 fully saturated rings. The largest absolute Gasteiger partial charge is 0.353 e. The molecule has 2 atom stereocenters. The molecular weight excluding hydrogens is 220 g/mol. The molecule has 0 radical (unpaired) electrons. The fourth-order valence-electron chi connectivity index (χ4n) is 1.26. The summed E-state index contributed by atoms with van der Waals surface area (Å²) < 4.78 is -1.34. The molecule has 1 N–H and O–H groups in total. The lowest BCUT2D eigenvalue weighted by atomic mass is 10.0. The van der Waals surface area contributed by atoms with Crippen LogP contribution < -0.4 is 5.32 Å². The van der Waals surface area contributed by atoms with Crippen molar-refractivity contribution in [1.29, 1.82) is 0 Å². The number of nitrogens with one attached hydrogen (secondary N) is 1. The maximum Gasteiger partial charge on any atom is 0.256 e. The van der Waals surface area contributed by atoms with Gasteiger partial charge in [-0.2, -0.15) is 0 Å². The van der Waals surface area contributed by atoms with E-state index in [0.717, 1.165) is 6.42 Å². The van der Waals surface area contributed by atoms with E-state index in [-0.39, 0.29) is 17.2 Å². The van der Waals surface area contributed by atoms with Crippen molar-refractivity contribution in [3.05, 3.63) is 0 Å². The highest BCUT2D eigenvalue weighted by Crippen LogP contribution is 2.39. The Morgan fingerprint density at radius 1 is 1.75 bits per heavy atom. The van der Waals surface area contributed by atoms with Gasteiger partial charge in [-0.3, -0.25) is 4.79 Å². The van der Waals surface area contributed by atoms with Crippen LogP contribution in [0.2, 0.25) is 0 Å². The smallest absolute Gasteiger partial charge is 0.256 e. The first-order valence-electron chi connectivity index (χ1n) is 3.80. The lowest BCUT2D eigenvalue weighted by Gasteiger charge is -2.22. The summed E-state index contributed by atoms with van der Waals surface area (Å²) in [5, 5.41) is 2.43. The molecule has 0 aromatic rings. The molecule has 2 nitrogen and oxygen atoms in total. The van der Waals surface area contributed by atoms with Gasteiger partial charge in [0, 0.05) is 17.8 Å². The molecule has 12 heavy (non-hydrogen) atoms. The second-order valence-corrected chi connectivity index (χ2v) is 4.81. The summed E-state index contributed by atoms with van der Waals surface area (Å²) in [5.74, 6) is -0.532. The van der Waals surface area contributed by atoms with Gasteiger partial charge in [0.15, 0.2) is 0 Å². The Morgan fingerprint density at radius 3 is 2.67 bits per heavy atom. The van der Waals surface area contributed by atoms with Crippen molar-refractivity contribution in [2.24, 2.45) is 5.92 Å². The fourth-order valence-corrected chi connectivity index (χ4v) is 2.26. The van der Waals surface area contributed by atoms with E-state index < -0.39 is 4.33 Å². The number of rotatable bonds is 2. The lowest BCUT2D eigenvalue weighted by molar-refractivity contribution is -0.119. The van der Waals surface area contributed by atoms with E-state index in [1.807, 2.05) is 6.92 Å². The molecule has 1 saturated heterocycles. The first-order chi connectivity index (χ1) is 5.50. The Balaban J connectivity index is 2.74. The minimum Gasteiger partial charge on any atom is -0.353 e. The van der Waals surface area contributed by atoms with E-state index >= 15 is 0 Å². The minimum atomic E-state index is -1.34. The summed E-state index contributed by atoms with van der Waals surface area (Å²) >= 11 is 17.6. The van der Waals surface area contributed by atoms with Gasteiger partial charge in [0.2, 0.25) is 4.33 Å². The van der Waals surface area contributed by atoms with Crippen molar-refractivity contribution in [3.8, 4) is 0 Å². The molecule has 0 spiro atoms. The molecule has 1 heterocycles. The molecule has 0 aromatic heterocycles. The molecule has 0 aliphatic carbocycles. The zero-order valence-corrected chi connectivity index (χ0v) is 8.88. The standard InChI is InChI=1S/C7H10Cl3NO/c1-2-5(8)4-3-11-6(12)7(4,9)10/h4-5H,2-3H2,1H3,(H,11,12). The van der Waals surface area contributed by atoms with Gasteiger partial charge in [0.1, 0.15) is 0 Å². The Morgan fingerprint density at radius 2 is 2.33 bits per heavy atom. The molecule has 1 aliphatic heterocycles. The first-order valence-corrected chi connectivity index (χ1v) is 4.99. The Bertz CT molecular complexity index is 195. The monoisotopic (exact) mass is 229 g/mol. The number of hydrogen-bond acceptors (Lipinski definition) is 1. The highest BCUT2D eigenvalue weighted by Gasteiger charge is 2.50. The van der Waals surface area contributed by atoms with Crippen molar-refractivity contribution in [3.63, 3.8) is 0 Å². The average Bonchev–Trinajstić information content (AvgIpc) is 2.27. The van der Waals surface area contributed by atoms with Crippen LogP contribution in [-0.2, 0) is 4.79 Å². The molecule has 0 aromatic carbocycles. The number of alkyl halides is 3. The molecule has 5 heteroatoms. The summed E-state index contributed by atoms with van der Waals surface area (Å²) in [7, 11) is 0. The maximum absolute atomic E-state index is 11.1.